The van der Waals surface area contributed by atoms with Gasteiger partial charge in [-0.2, -0.15) is 0 Å². The maximum absolute atomic E-state index is 12.6. The van der Waals surface area contributed by atoms with Crippen molar-refractivity contribution in [3.63, 3.8) is 0 Å². The molecule has 374 valence electrons. The Hall–Kier alpha value is -1.59. The van der Waals surface area contributed by atoms with E-state index >= 15 is 0 Å². The molecule has 0 aliphatic rings. The molecular formula is C57H110O6. The summed E-state index contributed by atoms with van der Waals surface area (Å²) in [6.07, 6.45) is 59.0. The zero-order valence-electron chi connectivity index (χ0n) is 42.9. The summed E-state index contributed by atoms with van der Waals surface area (Å²) in [4.78, 5) is 37.5. The summed E-state index contributed by atoms with van der Waals surface area (Å²) >= 11 is 0. The number of ether oxygens (including phenoxy) is 3. The van der Waals surface area contributed by atoms with Crippen LogP contribution in [0.5, 0.6) is 0 Å². The van der Waals surface area contributed by atoms with Crippen molar-refractivity contribution in [3.8, 4) is 0 Å². The van der Waals surface area contributed by atoms with Gasteiger partial charge in [0.25, 0.3) is 0 Å². The average Bonchev–Trinajstić information content (AvgIpc) is 3.28. The van der Waals surface area contributed by atoms with Crippen LogP contribution in [0.3, 0.4) is 0 Å². The van der Waals surface area contributed by atoms with Crippen molar-refractivity contribution >= 4 is 17.9 Å². The van der Waals surface area contributed by atoms with E-state index in [-0.39, 0.29) is 31.1 Å². The van der Waals surface area contributed by atoms with Crippen molar-refractivity contribution in [1.29, 1.82) is 0 Å². The Bertz CT molecular complexity index is 936. The summed E-state index contributed by atoms with van der Waals surface area (Å²) < 4.78 is 16.6. The highest BCUT2D eigenvalue weighted by Gasteiger charge is 2.19. The van der Waals surface area contributed by atoms with Gasteiger partial charge in [0.05, 0.1) is 0 Å². The van der Waals surface area contributed by atoms with Gasteiger partial charge in [0.15, 0.2) is 6.10 Å². The van der Waals surface area contributed by atoms with Crippen molar-refractivity contribution < 1.29 is 28.6 Å². The van der Waals surface area contributed by atoms with Crippen LogP contribution in [0.25, 0.3) is 0 Å². The van der Waals surface area contributed by atoms with Crippen molar-refractivity contribution in [3.05, 3.63) is 0 Å². The van der Waals surface area contributed by atoms with E-state index in [4.69, 9.17) is 14.2 Å². The maximum Gasteiger partial charge on any atom is 0.306 e. The van der Waals surface area contributed by atoms with Gasteiger partial charge in [-0.3, -0.25) is 14.4 Å². The molecule has 6 nitrogen and oxygen atoms in total. The van der Waals surface area contributed by atoms with Gasteiger partial charge in [0.2, 0.25) is 0 Å². The molecule has 1 unspecified atom stereocenters. The van der Waals surface area contributed by atoms with Gasteiger partial charge in [-0.1, -0.05) is 290 Å². The SMILES string of the molecule is CCCCCCCCCCCCCCCCCCCCCCCCCCCCCCCCCCC(=O)OCC(COC(=O)CCCCCCCC)OC(=O)CCCCCCCCC. The van der Waals surface area contributed by atoms with E-state index in [1.807, 2.05) is 0 Å². The summed E-state index contributed by atoms with van der Waals surface area (Å²) in [5, 5.41) is 0. The second-order valence-electron chi connectivity index (χ2n) is 19.6. The molecule has 6 heteroatoms. The van der Waals surface area contributed by atoms with Crippen LogP contribution in [0.1, 0.15) is 329 Å². The van der Waals surface area contributed by atoms with Gasteiger partial charge in [-0.15, -0.1) is 0 Å². The van der Waals surface area contributed by atoms with Gasteiger partial charge in [0.1, 0.15) is 13.2 Å². The minimum atomic E-state index is -0.757. The molecule has 0 aromatic carbocycles. The molecule has 0 N–H and O–H groups in total. The number of unbranched alkanes of at least 4 members (excludes halogenated alkanes) is 42. The Labute approximate surface area is 393 Å². The van der Waals surface area contributed by atoms with E-state index in [0.29, 0.717) is 19.3 Å². The predicted molar refractivity (Wildman–Crippen MR) is 270 cm³/mol. The van der Waals surface area contributed by atoms with Crippen LogP contribution in [0, 0.1) is 0 Å². The highest BCUT2D eigenvalue weighted by atomic mass is 16.6. The zero-order chi connectivity index (χ0) is 45.8. The minimum Gasteiger partial charge on any atom is -0.462 e. The Morgan fingerprint density at radius 1 is 0.254 bits per heavy atom. The number of rotatable bonds is 53. The van der Waals surface area contributed by atoms with Gasteiger partial charge in [-0.05, 0) is 19.3 Å². The molecule has 1 atom stereocenters. The molecule has 0 aromatic rings. The third kappa shape index (κ3) is 51.3. The maximum atomic E-state index is 12.6. The lowest BCUT2D eigenvalue weighted by Gasteiger charge is -2.18. The molecule has 0 saturated heterocycles. The van der Waals surface area contributed by atoms with Gasteiger partial charge >= 0.3 is 17.9 Å². The Kier molecular flexibility index (Phi) is 51.7. The largest absolute Gasteiger partial charge is 0.462 e. The first-order valence-corrected chi connectivity index (χ1v) is 28.5. The molecule has 0 bridgehead atoms. The molecule has 63 heavy (non-hydrogen) atoms. The predicted octanol–water partition coefficient (Wildman–Crippen LogP) is 18.8. The quantitative estimate of drug-likeness (QED) is 0.0344. The summed E-state index contributed by atoms with van der Waals surface area (Å²) in [5.74, 6) is -0.864. The lowest BCUT2D eigenvalue weighted by molar-refractivity contribution is -0.167. The molecule has 0 fully saturated rings. The summed E-state index contributed by atoms with van der Waals surface area (Å²) in [6, 6.07) is 0. The van der Waals surface area contributed by atoms with Gasteiger partial charge in [-0.25, -0.2) is 0 Å². The molecule has 0 heterocycles. The van der Waals surface area contributed by atoms with Crippen molar-refractivity contribution in [2.75, 3.05) is 13.2 Å². The fourth-order valence-electron chi connectivity index (χ4n) is 8.80. The van der Waals surface area contributed by atoms with Crippen molar-refractivity contribution in [2.45, 2.75) is 335 Å². The van der Waals surface area contributed by atoms with E-state index in [9.17, 15) is 14.4 Å². The van der Waals surface area contributed by atoms with Crippen LogP contribution in [-0.2, 0) is 28.6 Å². The molecular weight excluding hydrogens is 781 g/mol. The first kappa shape index (κ1) is 61.4. The third-order valence-corrected chi connectivity index (χ3v) is 13.1. The Morgan fingerprint density at radius 2 is 0.429 bits per heavy atom. The molecule has 0 aliphatic heterocycles. The zero-order valence-corrected chi connectivity index (χ0v) is 42.9. The highest BCUT2D eigenvalue weighted by Crippen LogP contribution is 2.18. The monoisotopic (exact) mass is 891 g/mol. The second-order valence-corrected chi connectivity index (χ2v) is 19.6. The van der Waals surface area contributed by atoms with Crippen LogP contribution in [0.4, 0.5) is 0 Å². The minimum absolute atomic E-state index is 0.0640. The smallest absolute Gasteiger partial charge is 0.306 e. The molecule has 0 amide bonds. The van der Waals surface area contributed by atoms with Crippen molar-refractivity contribution in [1.82, 2.24) is 0 Å². The normalized spacial score (nSPS) is 11.9. The van der Waals surface area contributed by atoms with Crippen LogP contribution in [0.15, 0.2) is 0 Å². The number of carbonyl (C=O) groups excluding carboxylic acids is 3. The standard InChI is InChI=1S/C57H110O6/c1-4-7-10-13-16-17-18-19-20-21-22-23-24-25-26-27-28-29-30-31-32-33-34-35-36-37-38-39-40-42-44-47-50-56(59)62-53-54(52-61-55(58)49-46-43-15-12-9-6-3)63-57(60)51-48-45-41-14-11-8-5-2/h54H,4-53H2,1-3H3. The number of esters is 3. The first-order valence-electron chi connectivity index (χ1n) is 28.5. The molecule has 0 saturated carbocycles. The van der Waals surface area contributed by atoms with Crippen LogP contribution in [-0.4, -0.2) is 37.2 Å². The Balaban J connectivity index is 3.74. The van der Waals surface area contributed by atoms with Gasteiger partial charge < -0.3 is 14.2 Å². The highest BCUT2D eigenvalue weighted by molar-refractivity contribution is 5.71. The first-order chi connectivity index (χ1) is 31.0. The fraction of sp³-hybridized carbons (Fsp3) is 0.947. The number of hydrogen-bond acceptors (Lipinski definition) is 6. The number of hydrogen-bond donors (Lipinski definition) is 0. The van der Waals surface area contributed by atoms with Crippen LogP contribution < -0.4 is 0 Å². The number of carbonyl (C=O) groups is 3. The van der Waals surface area contributed by atoms with E-state index in [0.717, 1.165) is 57.8 Å². The van der Waals surface area contributed by atoms with E-state index in [1.165, 1.54) is 231 Å². The third-order valence-electron chi connectivity index (χ3n) is 13.1. The molecule has 0 aliphatic carbocycles. The lowest BCUT2D eigenvalue weighted by Crippen LogP contribution is -2.30. The summed E-state index contributed by atoms with van der Waals surface area (Å²) in [5.41, 5.74) is 0. The lowest BCUT2D eigenvalue weighted by atomic mass is 10.0. The van der Waals surface area contributed by atoms with Crippen LogP contribution >= 0.6 is 0 Å². The summed E-state index contributed by atoms with van der Waals surface area (Å²) in [6.45, 7) is 6.58. The Morgan fingerprint density at radius 3 is 0.635 bits per heavy atom. The van der Waals surface area contributed by atoms with Crippen LogP contribution in [0.2, 0.25) is 0 Å². The van der Waals surface area contributed by atoms with E-state index < -0.39 is 6.10 Å². The average molecular weight is 892 g/mol. The van der Waals surface area contributed by atoms with E-state index in [1.54, 1.807) is 0 Å². The second kappa shape index (κ2) is 53.0. The van der Waals surface area contributed by atoms with E-state index in [2.05, 4.69) is 20.8 Å². The fourth-order valence-corrected chi connectivity index (χ4v) is 8.80. The van der Waals surface area contributed by atoms with Crippen molar-refractivity contribution in [2.24, 2.45) is 0 Å². The molecule has 0 rings (SSSR count). The topological polar surface area (TPSA) is 78.9 Å². The molecule has 0 radical (unpaired) electrons. The van der Waals surface area contributed by atoms with Gasteiger partial charge in [0, 0.05) is 19.3 Å². The molecule has 0 aromatic heterocycles. The summed E-state index contributed by atoms with van der Waals surface area (Å²) in [7, 11) is 0. The molecule has 0 spiro atoms.